The molecule has 2 fully saturated rings. The van der Waals surface area contributed by atoms with Crippen LogP contribution in [0.25, 0.3) is 0 Å². The molecule has 2 aromatic rings. The van der Waals surface area contributed by atoms with Crippen molar-refractivity contribution in [2.45, 2.75) is 50.5 Å². The molecule has 0 radical (unpaired) electrons. The van der Waals surface area contributed by atoms with Gasteiger partial charge in [-0.2, -0.15) is 0 Å². The third-order valence-corrected chi connectivity index (χ3v) is 5.99. The van der Waals surface area contributed by atoms with Crippen LogP contribution in [0.1, 0.15) is 49.7 Å². The smallest absolute Gasteiger partial charge is 0.230 e. The van der Waals surface area contributed by atoms with Crippen molar-refractivity contribution in [1.82, 2.24) is 5.32 Å². The molecule has 1 aliphatic carbocycles. The number of nitrogens with zero attached hydrogens (tertiary/aromatic N) is 1. The monoisotopic (exact) mass is 362 g/mol. The highest BCUT2D eigenvalue weighted by Crippen LogP contribution is 2.41. The minimum absolute atomic E-state index is 0.130. The van der Waals surface area contributed by atoms with E-state index in [1.807, 2.05) is 47.4 Å². The molecule has 1 saturated heterocycles. The Labute approximate surface area is 160 Å². The molecule has 1 aliphatic heterocycles. The summed E-state index contributed by atoms with van der Waals surface area (Å²) in [5, 5.41) is 3.16. The number of carbonyl (C=O) groups excluding carboxylic acids is 2. The summed E-state index contributed by atoms with van der Waals surface area (Å²) < 4.78 is 0. The number of hydrogen-bond acceptors (Lipinski definition) is 2. The van der Waals surface area contributed by atoms with Crippen molar-refractivity contribution in [2.75, 3.05) is 11.4 Å². The Morgan fingerprint density at radius 2 is 1.67 bits per heavy atom. The molecule has 4 heteroatoms. The molecule has 1 heterocycles. The summed E-state index contributed by atoms with van der Waals surface area (Å²) in [4.78, 5) is 26.8. The number of nitrogens with one attached hydrogen (secondary N) is 1. The average Bonchev–Trinajstić information content (AvgIpc) is 3.37. The van der Waals surface area contributed by atoms with Gasteiger partial charge in [0.15, 0.2) is 0 Å². The predicted molar refractivity (Wildman–Crippen MR) is 106 cm³/mol. The van der Waals surface area contributed by atoms with Gasteiger partial charge in [-0.05, 0) is 42.5 Å². The first-order valence-electron chi connectivity index (χ1n) is 9.92. The summed E-state index contributed by atoms with van der Waals surface area (Å²) in [5.41, 5.74) is 2.75. The highest BCUT2D eigenvalue weighted by atomic mass is 16.2. The van der Waals surface area contributed by atoms with Crippen LogP contribution in [-0.4, -0.2) is 18.4 Å². The van der Waals surface area contributed by atoms with Crippen molar-refractivity contribution in [2.24, 2.45) is 0 Å². The Balaban J connectivity index is 1.43. The summed E-state index contributed by atoms with van der Waals surface area (Å²) in [7, 11) is 0. The fourth-order valence-corrected chi connectivity index (χ4v) is 4.45. The number of benzene rings is 2. The summed E-state index contributed by atoms with van der Waals surface area (Å²) in [6.45, 7) is 1.32. The molecule has 4 nitrogen and oxygen atoms in total. The van der Waals surface area contributed by atoms with Gasteiger partial charge in [-0.1, -0.05) is 55.3 Å². The highest BCUT2D eigenvalue weighted by Gasteiger charge is 2.42. The van der Waals surface area contributed by atoms with Gasteiger partial charge in [0.2, 0.25) is 11.8 Å². The zero-order valence-corrected chi connectivity index (χ0v) is 15.6. The van der Waals surface area contributed by atoms with Crippen LogP contribution in [0.2, 0.25) is 0 Å². The lowest BCUT2D eigenvalue weighted by Gasteiger charge is -2.28. The van der Waals surface area contributed by atoms with Crippen molar-refractivity contribution in [3.63, 3.8) is 0 Å². The molecule has 0 aromatic heterocycles. The first kappa shape index (κ1) is 17.8. The third-order valence-electron chi connectivity index (χ3n) is 5.99. The molecule has 27 heavy (non-hydrogen) atoms. The van der Waals surface area contributed by atoms with Crippen molar-refractivity contribution in [3.8, 4) is 0 Å². The van der Waals surface area contributed by atoms with Crippen molar-refractivity contribution in [1.29, 1.82) is 0 Å². The molecular formula is C23H26N2O2. The maximum atomic E-state index is 13.1. The molecule has 2 amide bonds. The van der Waals surface area contributed by atoms with Gasteiger partial charge in [-0.25, -0.2) is 0 Å². The van der Waals surface area contributed by atoms with E-state index >= 15 is 0 Å². The van der Waals surface area contributed by atoms with E-state index in [2.05, 4.69) is 17.4 Å². The van der Waals surface area contributed by atoms with E-state index in [0.717, 1.165) is 55.5 Å². The van der Waals surface area contributed by atoms with Gasteiger partial charge in [0, 0.05) is 25.2 Å². The van der Waals surface area contributed by atoms with E-state index in [1.54, 1.807) is 0 Å². The molecule has 0 bridgehead atoms. The Kier molecular flexibility index (Phi) is 4.97. The van der Waals surface area contributed by atoms with Crippen LogP contribution in [0.4, 0.5) is 5.69 Å². The second-order valence-electron chi connectivity index (χ2n) is 7.65. The maximum absolute atomic E-state index is 13.1. The minimum Gasteiger partial charge on any atom is -0.351 e. The lowest BCUT2D eigenvalue weighted by Crippen LogP contribution is -2.42. The van der Waals surface area contributed by atoms with Crippen LogP contribution >= 0.6 is 0 Å². The number of carbonyl (C=O) groups is 2. The molecule has 1 N–H and O–H groups in total. The lowest BCUT2D eigenvalue weighted by molar-refractivity contribution is -0.126. The van der Waals surface area contributed by atoms with Crippen molar-refractivity contribution >= 4 is 17.5 Å². The summed E-state index contributed by atoms with van der Waals surface area (Å²) >= 11 is 0. The summed E-state index contributed by atoms with van der Waals surface area (Å²) in [6, 6.07) is 18.1. The molecule has 4 rings (SSSR count). The van der Waals surface area contributed by atoms with Crippen LogP contribution in [0, 0.1) is 0 Å². The fourth-order valence-electron chi connectivity index (χ4n) is 4.45. The van der Waals surface area contributed by atoms with Gasteiger partial charge < -0.3 is 10.2 Å². The first-order chi connectivity index (χ1) is 13.2. The molecule has 0 atom stereocenters. The normalized spacial score (nSPS) is 18.7. The zero-order valence-electron chi connectivity index (χ0n) is 15.6. The van der Waals surface area contributed by atoms with E-state index in [-0.39, 0.29) is 17.2 Å². The Hall–Kier alpha value is -2.62. The third kappa shape index (κ3) is 3.48. The Bertz CT molecular complexity index is 808. The largest absolute Gasteiger partial charge is 0.351 e. The fraction of sp³-hybridized carbons (Fsp3) is 0.391. The number of hydrogen-bond donors (Lipinski definition) is 1. The van der Waals surface area contributed by atoms with E-state index in [9.17, 15) is 9.59 Å². The van der Waals surface area contributed by atoms with Crippen LogP contribution in [0.15, 0.2) is 54.6 Å². The Morgan fingerprint density at radius 3 is 2.30 bits per heavy atom. The standard InChI is InChI=1S/C23H26N2O2/c26-21-9-6-16-25(21)20-12-10-18(11-13-20)17-24-22(27)23(14-4-5-15-23)19-7-2-1-3-8-19/h1-3,7-8,10-13H,4-6,9,14-17H2,(H,24,27). The molecule has 0 spiro atoms. The SMILES string of the molecule is O=C1CCCN1c1ccc(CNC(=O)C2(c3ccccc3)CCCC2)cc1. The molecule has 2 aliphatic rings. The lowest BCUT2D eigenvalue weighted by atomic mass is 9.78. The topological polar surface area (TPSA) is 49.4 Å². The quantitative estimate of drug-likeness (QED) is 0.876. The van der Waals surface area contributed by atoms with Gasteiger partial charge in [0.25, 0.3) is 0 Å². The first-order valence-corrected chi connectivity index (χ1v) is 9.92. The highest BCUT2D eigenvalue weighted by molar-refractivity contribution is 5.95. The van der Waals surface area contributed by atoms with Gasteiger partial charge in [-0.15, -0.1) is 0 Å². The van der Waals surface area contributed by atoms with Crippen LogP contribution in [0.3, 0.4) is 0 Å². The molecule has 0 unspecified atom stereocenters. The molecule has 2 aromatic carbocycles. The van der Waals surface area contributed by atoms with E-state index in [4.69, 9.17) is 0 Å². The Morgan fingerprint density at radius 1 is 0.963 bits per heavy atom. The molecular weight excluding hydrogens is 336 g/mol. The van der Waals surface area contributed by atoms with E-state index in [1.165, 1.54) is 0 Å². The molecule has 1 saturated carbocycles. The molecule has 140 valence electrons. The number of anilines is 1. The maximum Gasteiger partial charge on any atom is 0.230 e. The second-order valence-corrected chi connectivity index (χ2v) is 7.65. The van der Waals surface area contributed by atoms with Crippen LogP contribution in [0.5, 0.6) is 0 Å². The van der Waals surface area contributed by atoms with Gasteiger partial charge >= 0.3 is 0 Å². The predicted octanol–water partition coefficient (Wildman–Crippen LogP) is 3.94. The van der Waals surface area contributed by atoms with E-state index < -0.39 is 0 Å². The summed E-state index contributed by atoms with van der Waals surface area (Å²) in [5.74, 6) is 0.326. The van der Waals surface area contributed by atoms with Crippen molar-refractivity contribution in [3.05, 3.63) is 65.7 Å². The second kappa shape index (κ2) is 7.55. The summed E-state index contributed by atoms with van der Waals surface area (Å²) in [6.07, 6.45) is 5.59. The van der Waals surface area contributed by atoms with Gasteiger partial charge in [0.05, 0.1) is 5.41 Å². The van der Waals surface area contributed by atoms with Crippen LogP contribution < -0.4 is 10.2 Å². The van der Waals surface area contributed by atoms with Crippen molar-refractivity contribution < 1.29 is 9.59 Å². The van der Waals surface area contributed by atoms with E-state index in [0.29, 0.717) is 13.0 Å². The average molecular weight is 362 g/mol. The van der Waals surface area contributed by atoms with Gasteiger partial charge in [0.1, 0.15) is 0 Å². The number of amides is 2. The van der Waals surface area contributed by atoms with Crippen LogP contribution in [-0.2, 0) is 21.5 Å². The zero-order chi connectivity index (χ0) is 18.7. The van der Waals surface area contributed by atoms with Gasteiger partial charge in [-0.3, -0.25) is 9.59 Å². The minimum atomic E-state index is -0.386. The number of rotatable bonds is 5.